The lowest BCUT2D eigenvalue weighted by molar-refractivity contribution is -0.385. The van der Waals surface area contributed by atoms with E-state index in [2.05, 4.69) is 26.6 Å². The summed E-state index contributed by atoms with van der Waals surface area (Å²) in [5, 5.41) is 27.1. The molecule has 0 bridgehead atoms. The van der Waals surface area contributed by atoms with Crippen LogP contribution in [0.5, 0.6) is 5.75 Å². The number of aromatic hydroxyl groups is 1. The Bertz CT molecular complexity index is 447. The number of hydrogen-bond donors (Lipinski definition) is 3. The highest BCUT2D eigenvalue weighted by Crippen LogP contribution is 2.36. The Kier molecular flexibility index (Phi) is 3.60. The van der Waals surface area contributed by atoms with Crippen molar-refractivity contribution in [3.63, 3.8) is 0 Å². The number of nitrogens with zero attached hydrogens (tertiary/aromatic N) is 1. The van der Waals surface area contributed by atoms with Crippen LogP contribution in [-0.4, -0.2) is 29.7 Å². The summed E-state index contributed by atoms with van der Waals surface area (Å²) in [7, 11) is 0. The Morgan fingerprint density at radius 1 is 1.47 bits per heavy atom. The summed E-state index contributed by atoms with van der Waals surface area (Å²) in [5.74, 6) is 0.0526. The van der Waals surface area contributed by atoms with Gasteiger partial charge in [-0.1, -0.05) is 0 Å². The summed E-state index contributed by atoms with van der Waals surface area (Å²) in [6.07, 6.45) is 0. The molecule has 2 rings (SSSR count). The number of benzene rings is 1. The van der Waals surface area contributed by atoms with Gasteiger partial charge in [-0.3, -0.25) is 10.1 Å². The van der Waals surface area contributed by atoms with Crippen molar-refractivity contribution in [3.8, 4) is 5.75 Å². The van der Waals surface area contributed by atoms with Crippen molar-refractivity contribution in [3.05, 3.63) is 32.3 Å². The maximum absolute atomic E-state index is 10.8. The van der Waals surface area contributed by atoms with Crippen LogP contribution in [-0.2, 0) is 0 Å². The minimum atomic E-state index is -0.468. The first kappa shape index (κ1) is 12.3. The zero-order valence-corrected chi connectivity index (χ0v) is 10.5. The predicted molar refractivity (Wildman–Crippen MR) is 66.1 cm³/mol. The molecule has 1 atom stereocenters. The van der Waals surface area contributed by atoms with E-state index < -0.39 is 4.92 Å². The van der Waals surface area contributed by atoms with Gasteiger partial charge in [0.15, 0.2) is 0 Å². The van der Waals surface area contributed by atoms with E-state index in [1.54, 1.807) is 0 Å². The van der Waals surface area contributed by atoms with Gasteiger partial charge >= 0.3 is 0 Å². The molecule has 0 aliphatic carbocycles. The van der Waals surface area contributed by atoms with Crippen molar-refractivity contribution in [1.29, 1.82) is 0 Å². The monoisotopic (exact) mass is 301 g/mol. The molecule has 0 amide bonds. The second-order valence-electron chi connectivity index (χ2n) is 3.83. The van der Waals surface area contributed by atoms with Crippen LogP contribution in [0, 0.1) is 10.1 Å². The van der Waals surface area contributed by atoms with Gasteiger partial charge < -0.3 is 15.7 Å². The fourth-order valence-electron chi connectivity index (χ4n) is 1.85. The zero-order valence-electron chi connectivity index (χ0n) is 8.94. The molecule has 1 aliphatic heterocycles. The lowest BCUT2D eigenvalue weighted by Gasteiger charge is -2.25. The van der Waals surface area contributed by atoms with Crippen molar-refractivity contribution in [2.24, 2.45) is 0 Å². The van der Waals surface area contributed by atoms with Gasteiger partial charge in [0.05, 0.1) is 9.40 Å². The number of nitro benzene ring substituents is 1. The first-order valence-corrected chi connectivity index (χ1v) is 6.00. The van der Waals surface area contributed by atoms with Gasteiger partial charge in [0.1, 0.15) is 5.75 Å². The molecule has 1 aliphatic rings. The van der Waals surface area contributed by atoms with E-state index in [1.165, 1.54) is 12.1 Å². The fourth-order valence-corrected chi connectivity index (χ4v) is 2.31. The second kappa shape index (κ2) is 4.99. The number of non-ortho nitro benzene ring substituents is 1. The van der Waals surface area contributed by atoms with Gasteiger partial charge in [0, 0.05) is 43.4 Å². The first-order chi connectivity index (χ1) is 8.09. The second-order valence-corrected chi connectivity index (χ2v) is 4.69. The number of phenols is 1. The summed E-state index contributed by atoms with van der Waals surface area (Å²) in [5.41, 5.74) is 0.510. The Morgan fingerprint density at radius 3 is 2.82 bits per heavy atom. The molecule has 1 fully saturated rings. The smallest absolute Gasteiger partial charge is 0.271 e. The van der Waals surface area contributed by atoms with Crippen molar-refractivity contribution in [2.75, 3.05) is 19.6 Å². The van der Waals surface area contributed by atoms with Crippen LogP contribution in [0.3, 0.4) is 0 Å². The molecule has 3 N–H and O–H groups in total. The highest BCUT2D eigenvalue weighted by molar-refractivity contribution is 9.10. The third-order valence-corrected chi connectivity index (χ3v) is 3.31. The van der Waals surface area contributed by atoms with E-state index >= 15 is 0 Å². The number of rotatable bonds is 2. The minimum Gasteiger partial charge on any atom is -0.506 e. The summed E-state index contributed by atoms with van der Waals surface area (Å²) >= 11 is 3.13. The van der Waals surface area contributed by atoms with Crippen molar-refractivity contribution >= 4 is 21.6 Å². The Hall–Kier alpha value is -1.18. The van der Waals surface area contributed by atoms with Crippen LogP contribution in [0.15, 0.2) is 16.6 Å². The molecule has 1 aromatic carbocycles. The first-order valence-electron chi connectivity index (χ1n) is 5.20. The molecule has 6 nitrogen and oxygen atoms in total. The topological polar surface area (TPSA) is 87.4 Å². The van der Waals surface area contributed by atoms with Crippen LogP contribution in [0.2, 0.25) is 0 Å². The maximum Gasteiger partial charge on any atom is 0.271 e. The van der Waals surface area contributed by atoms with Crippen molar-refractivity contribution in [2.45, 2.75) is 6.04 Å². The maximum atomic E-state index is 10.8. The number of nitro groups is 1. The summed E-state index contributed by atoms with van der Waals surface area (Å²) in [4.78, 5) is 10.3. The average Bonchev–Trinajstić information content (AvgIpc) is 2.33. The largest absolute Gasteiger partial charge is 0.506 e. The normalized spacial score (nSPS) is 20.2. The Morgan fingerprint density at radius 2 is 2.24 bits per heavy atom. The highest BCUT2D eigenvalue weighted by atomic mass is 79.9. The molecular formula is C10H12BrN3O3. The molecule has 0 aromatic heterocycles. The van der Waals surface area contributed by atoms with E-state index in [0.29, 0.717) is 16.6 Å². The Balaban J connectivity index is 2.40. The number of hydrogen-bond acceptors (Lipinski definition) is 5. The molecule has 1 aromatic rings. The van der Waals surface area contributed by atoms with Crippen LogP contribution >= 0.6 is 15.9 Å². The van der Waals surface area contributed by atoms with Crippen LogP contribution in [0.4, 0.5) is 5.69 Å². The summed E-state index contributed by atoms with van der Waals surface area (Å²) < 4.78 is 0.342. The summed E-state index contributed by atoms with van der Waals surface area (Å²) in [6, 6.07) is 2.60. The minimum absolute atomic E-state index is 0.0305. The van der Waals surface area contributed by atoms with E-state index in [1.807, 2.05) is 0 Å². The SMILES string of the molecule is O=[N+]([O-])c1cc(Br)c(O)c([C@H]2CNCCN2)c1. The molecule has 1 heterocycles. The van der Waals surface area contributed by atoms with Gasteiger partial charge in [0.25, 0.3) is 5.69 Å². The van der Waals surface area contributed by atoms with Crippen LogP contribution in [0.25, 0.3) is 0 Å². The average molecular weight is 302 g/mol. The molecule has 1 saturated heterocycles. The molecule has 0 unspecified atom stereocenters. The lowest BCUT2D eigenvalue weighted by atomic mass is 10.0. The summed E-state index contributed by atoms with van der Waals surface area (Å²) in [6.45, 7) is 2.26. The third-order valence-electron chi connectivity index (χ3n) is 2.70. The van der Waals surface area contributed by atoms with E-state index in [9.17, 15) is 15.2 Å². The van der Waals surface area contributed by atoms with E-state index in [4.69, 9.17) is 0 Å². The number of nitrogens with one attached hydrogen (secondary N) is 2. The molecular weight excluding hydrogens is 290 g/mol. The molecule has 0 saturated carbocycles. The Labute approximate surface area is 106 Å². The van der Waals surface area contributed by atoms with E-state index in [0.717, 1.165) is 13.1 Å². The van der Waals surface area contributed by atoms with Crippen molar-refractivity contribution in [1.82, 2.24) is 10.6 Å². The van der Waals surface area contributed by atoms with Gasteiger partial charge in [-0.15, -0.1) is 0 Å². The van der Waals surface area contributed by atoms with Gasteiger partial charge in [0.2, 0.25) is 0 Å². The number of halogens is 1. The quantitative estimate of drug-likeness (QED) is 0.566. The van der Waals surface area contributed by atoms with Gasteiger partial charge in [-0.05, 0) is 15.9 Å². The van der Waals surface area contributed by atoms with Gasteiger partial charge in [-0.2, -0.15) is 0 Å². The standard InChI is InChI=1S/C10H12BrN3O3/c11-8-4-6(14(16)17)3-7(10(8)15)9-5-12-1-2-13-9/h3-4,9,12-13,15H,1-2,5H2/t9-/m1/s1. The molecule has 17 heavy (non-hydrogen) atoms. The third kappa shape index (κ3) is 2.56. The van der Waals surface area contributed by atoms with E-state index in [-0.39, 0.29) is 17.5 Å². The number of piperazine rings is 1. The number of phenolic OH excluding ortho intramolecular Hbond substituents is 1. The molecule has 0 radical (unpaired) electrons. The van der Waals surface area contributed by atoms with Crippen LogP contribution in [0.1, 0.15) is 11.6 Å². The van der Waals surface area contributed by atoms with Crippen molar-refractivity contribution < 1.29 is 10.0 Å². The lowest BCUT2D eigenvalue weighted by Crippen LogP contribution is -2.42. The van der Waals surface area contributed by atoms with Crippen LogP contribution < -0.4 is 10.6 Å². The fraction of sp³-hybridized carbons (Fsp3) is 0.400. The highest BCUT2D eigenvalue weighted by Gasteiger charge is 2.22. The predicted octanol–water partition coefficient (Wildman–Crippen LogP) is 1.30. The molecule has 7 heteroatoms. The zero-order chi connectivity index (χ0) is 12.4. The molecule has 0 spiro atoms. The van der Waals surface area contributed by atoms with Gasteiger partial charge in [-0.25, -0.2) is 0 Å². The molecule has 92 valence electrons.